The van der Waals surface area contributed by atoms with Gasteiger partial charge >= 0.3 is 5.69 Å². The molecule has 1 saturated heterocycles. The third-order valence-corrected chi connectivity index (χ3v) is 3.79. The predicted molar refractivity (Wildman–Crippen MR) is 72.0 cm³/mol. The van der Waals surface area contributed by atoms with E-state index in [2.05, 4.69) is 10.3 Å². The average Bonchev–Trinajstić information content (AvgIpc) is 3.15. The Balaban J connectivity index is 1.67. The second-order valence-electron chi connectivity index (χ2n) is 5.72. The van der Waals surface area contributed by atoms with Gasteiger partial charge in [-0.15, -0.1) is 0 Å². The molecule has 2 heterocycles. The van der Waals surface area contributed by atoms with Crippen LogP contribution in [0.15, 0.2) is 17.1 Å². The Morgan fingerprint density at radius 1 is 1.48 bits per heavy atom. The smallest absolute Gasteiger partial charge is 0.351 e. The highest BCUT2D eigenvalue weighted by atomic mass is 19.3. The highest BCUT2D eigenvalue weighted by Crippen LogP contribution is 2.41. The number of anilines is 1. The maximum absolute atomic E-state index is 14.1. The van der Waals surface area contributed by atoms with Crippen LogP contribution in [0.5, 0.6) is 0 Å². The normalized spacial score (nSPS) is 27.9. The number of alkyl halides is 2. The Bertz CT molecular complexity index is 574. The molecule has 1 saturated carbocycles. The lowest BCUT2D eigenvalue weighted by Crippen LogP contribution is -2.35. The SMILES string of the molecule is Nc1ccn([C@@H]2O[C@H](CNCC3CC3)CC2(F)F)c(=O)n1. The van der Waals surface area contributed by atoms with E-state index in [0.717, 1.165) is 11.1 Å². The Morgan fingerprint density at radius 2 is 2.24 bits per heavy atom. The molecule has 116 valence electrons. The predicted octanol–water partition coefficient (Wildman–Crippen LogP) is 0.748. The Kier molecular flexibility index (Phi) is 3.66. The van der Waals surface area contributed by atoms with Crippen LogP contribution in [0.3, 0.4) is 0 Å². The highest BCUT2D eigenvalue weighted by Gasteiger charge is 2.51. The molecule has 21 heavy (non-hydrogen) atoms. The number of nitrogens with zero attached hydrogens (tertiary/aromatic N) is 2. The van der Waals surface area contributed by atoms with Crippen molar-refractivity contribution in [2.75, 3.05) is 18.8 Å². The van der Waals surface area contributed by atoms with Gasteiger partial charge in [-0.25, -0.2) is 13.6 Å². The Hall–Kier alpha value is -1.54. The van der Waals surface area contributed by atoms with Crippen LogP contribution >= 0.6 is 0 Å². The molecule has 0 radical (unpaired) electrons. The lowest BCUT2D eigenvalue weighted by molar-refractivity contribution is -0.116. The maximum atomic E-state index is 14.1. The minimum Gasteiger partial charge on any atom is -0.383 e. The van der Waals surface area contributed by atoms with Crippen molar-refractivity contribution >= 4 is 5.82 Å². The molecule has 1 aromatic rings. The van der Waals surface area contributed by atoms with Crippen LogP contribution in [-0.4, -0.2) is 34.7 Å². The van der Waals surface area contributed by atoms with Gasteiger partial charge in [0.2, 0.25) is 6.23 Å². The van der Waals surface area contributed by atoms with Crippen molar-refractivity contribution in [2.45, 2.75) is 37.5 Å². The van der Waals surface area contributed by atoms with E-state index in [0.29, 0.717) is 12.5 Å². The molecular formula is C13H18F2N4O2. The molecule has 0 amide bonds. The van der Waals surface area contributed by atoms with Crippen LogP contribution in [0, 0.1) is 5.92 Å². The summed E-state index contributed by atoms with van der Waals surface area (Å²) in [6.07, 6.45) is 0.947. The first-order valence-electron chi connectivity index (χ1n) is 7.04. The number of nitrogens with one attached hydrogen (secondary N) is 1. The number of aromatic nitrogens is 2. The van der Waals surface area contributed by atoms with E-state index in [1.807, 2.05) is 0 Å². The quantitative estimate of drug-likeness (QED) is 0.838. The molecule has 0 spiro atoms. The topological polar surface area (TPSA) is 82.2 Å². The summed E-state index contributed by atoms with van der Waals surface area (Å²) in [4.78, 5) is 15.1. The molecule has 1 aliphatic heterocycles. The molecule has 8 heteroatoms. The van der Waals surface area contributed by atoms with E-state index < -0.39 is 30.4 Å². The Labute approximate surface area is 120 Å². The van der Waals surface area contributed by atoms with Crippen molar-refractivity contribution in [1.82, 2.24) is 14.9 Å². The molecule has 3 rings (SSSR count). The largest absolute Gasteiger partial charge is 0.383 e. The molecular weight excluding hydrogens is 282 g/mol. The number of hydrogen-bond donors (Lipinski definition) is 2. The number of rotatable bonds is 5. The number of nitrogens with two attached hydrogens (primary N) is 1. The van der Waals surface area contributed by atoms with E-state index in [4.69, 9.17) is 10.5 Å². The molecule has 1 aliphatic carbocycles. The van der Waals surface area contributed by atoms with Crippen molar-refractivity contribution < 1.29 is 13.5 Å². The fourth-order valence-corrected chi connectivity index (χ4v) is 2.50. The first kappa shape index (κ1) is 14.4. The van der Waals surface area contributed by atoms with E-state index in [1.165, 1.54) is 25.1 Å². The zero-order chi connectivity index (χ0) is 15.0. The number of ether oxygens (including phenoxy) is 1. The number of nitrogen functional groups attached to an aromatic ring is 1. The van der Waals surface area contributed by atoms with Crippen molar-refractivity contribution in [2.24, 2.45) is 5.92 Å². The fraction of sp³-hybridized carbons (Fsp3) is 0.692. The van der Waals surface area contributed by atoms with Crippen LogP contribution in [0.4, 0.5) is 14.6 Å². The van der Waals surface area contributed by atoms with Crippen molar-refractivity contribution in [3.63, 3.8) is 0 Å². The van der Waals surface area contributed by atoms with Crippen LogP contribution < -0.4 is 16.7 Å². The molecule has 1 aromatic heterocycles. The number of hydrogen-bond acceptors (Lipinski definition) is 5. The van der Waals surface area contributed by atoms with Gasteiger partial charge in [-0.05, 0) is 31.4 Å². The second-order valence-corrected chi connectivity index (χ2v) is 5.72. The summed E-state index contributed by atoms with van der Waals surface area (Å²) in [5.74, 6) is -2.43. The molecule has 0 unspecified atom stereocenters. The highest BCUT2D eigenvalue weighted by molar-refractivity contribution is 5.23. The van der Waals surface area contributed by atoms with Crippen molar-refractivity contribution in [1.29, 1.82) is 0 Å². The van der Waals surface area contributed by atoms with E-state index in [1.54, 1.807) is 0 Å². The van der Waals surface area contributed by atoms with Gasteiger partial charge < -0.3 is 15.8 Å². The van der Waals surface area contributed by atoms with Crippen LogP contribution in [0.1, 0.15) is 25.5 Å². The molecule has 0 bridgehead atoms. The number of halogens is 2. The zero-order valence-electron chi connectivity index (χ0n) is 11.5. The minimum absolute atomic E-state index is 0.000198. The Morgan fingerprint density at radius 3 is 2.90 bits per heavy atom. The van der Waals surface area contributed by atoms with E-state index in [9.17, 15) is 13.6 Å². The summed E-state index contributed by atoms with van der Waals surface area (Å²) in [7, 11) is 0. The summed E-state index contributed by atoms with van der Waals surface area (Å²) < 4.78 is 34.3. The third-order valence-electron chi connectivity index (χ3n) is 3.79. The van der Waals surface area contributed by atoms with Gasteiger partial charge in [0.05, 0.1) is 6.10 Å². The minimum atomic E-state index is -3.10. The zero-order valence-corrected chi connectivity index (χ0v) is 11.5. The standard InChI is InChI=1S/C13H18F2N4O2/c14-13(15)5-9(7-17-6-8-1-2-8)21-11(13)19-4-3-10(16)18-12(19)20/h3-4,8-9,11,17H,1-2,5-7H2,(H2,16,18,20)/t9-,11+/m0/s1. The van der Waals surface area contributed by atoms with Crippen LogP contribution in [-0.2, 0) is 4.74 Å². The van der Waals surface area contributed by atoms with Gasteiger partial charge in [-0.2, -0.15) is 4.98 Å². The summed E-state index contributed by atoms with van der Waals surface area (Å²) in [6, 6.07) is 1.31. The van der Waals surface area contributed by atoms with E-state index in [-0.39, 0.29) is 5.82 Å². The molecule has 3 N–H and O–H groups in total. The van der Waals surface area contributed by atoms with Crippen LogP contribution in [0.2, 0.25) is 0 Å². The lowest BCUT2D eigenvalue weighted by atomic mass is 10.2. The van der Waals surface area contributed by atoms with Crippen molar-refractivity contribution in [3.8, 4) is 0 Å². The molecule has 2 atom stereocenters. The average molecular weight is 300 g/mol. The maximum Gasteiger partial charge on any atom is 0.351 e. The van der Waals surface area contributed by atoms with Gasteiger partial charge in [-0.1, -0.05) is 0 Å². The summed E-state index contributed by atoms with van der Waals surface area (Å²) in [6.45, 7) is 1.19. The van der Waals surface area contributed by atoms with Gasteiger partial charge in [0.25, 0.3) is 5.92 Å². The molecule has 6 nitrogen and oxygen atoms in total. The van der Waals surface area contributed by atoms with Gasteiger partial charge in [0.1, 0.15) is 5.82 Å². The lowest BCUT2D eigenvalue weighted by Gasteiger charge is -2.19. The van der Waals surface area contributed by atoms with Gasteiger partial charge in [0, 0.05) is 19.2 Å². The fourth-order valence-electron chi connectivity index (χ4n) is 2.50. The molecule has 2 aliphatic rings. The first-order chi connectivity index (χ1) is 9.95. The van der Waals surface area contributed by atoms with Gasteiger partial charge in [-0.3, -0.25) is 4.57 Å². The molecule has 2 fully saturated rings. The van der Waals surface area contributed by atoms with Gasteiger partial charge in [0.15, 0.2) is 0 Å². The van der Waals surface area contributed by atoms with Crippen molar-refractivity contribution in [3.05, 3.63) is 22.7 Å². The van der Waals surface area contributed by atoms with E-state index >= 15 is 0 Å². The summed E-state index contributed by atoms with van der Waals surface area (Å²) >= 11 is 0. The summed E-state index contributed by atoms with van der Waals surface area (Å²) in [5.41, 5.74) is 4.53. The monoisotopic (exact) mass is 300 g/mol. The molecule has 0 aromatic carbocycles. The summed E-state index contributed by atoms with van der Waals surface area (Å²) in [5, 5.41) is 3.14. The van der Waals surface area contributed by atoms with Crippen LogP contribution in [0.25, 0.3) is 0 Å². The first-order valence-corrected chi connectivity index (χ1v) is 7.04. The third kappa shape index (κ3) is 3.21. The second kappa shape index (κ2) is 5.34.